The molecule has 1 N–H and O–H groups in total. The molecule has 2 atom stereocenters. The zero-order chi connectivity index (χ0) is 16.4. The van der Waals surface area contributed by atoms with Gasteiger partial charge in [0.15, 0.2) is 0 Å². The van der Waals surface area contributed by atoms with Crippen LogP contribution in [0.15, 0.2) is 0 Å². The Bertz CT molecular complexity index is 387. The van der Waals surface area contributed by atoms with Crippen molar-refractivity contribution in [2.24, 2.45) is 5.41 Å². The van der Waals surface area contributed by atoms with Gasteiger partial charge in [0.25, 0.3) is 0 Å². The molecular weight excluding hydrogens is 276 g/mol. The molecule has 1 aliphatic carbocycles. The van der Waals surface area contributed by atoms with Gasteiger partial charge in [-0.2, -0.15) is 0 Å². The van der Waals surface area contributed by atoms with Crippen molar-refractivity contribution in [3.8, 4) is 0 Å². The third-order valence-corrected chi connectivity index (χ3v) is 4.75. The Labute approximate surface area is 136 Å². The van der Waals surface area contributed by atoms with Gasteiger partial charge in [-0.3, -0.25) is 0 Å². The summed E-state index contributed by atoms with van der Waals surface area (Å²) in [7, 11) is 0. The number of nitrogens with one attached hydrogen (secondary N) is 1. The van der Waals surface area contributed by atoms with Crippen molar-refractivity contribution >= 4 is 6.09 Å². The van der Waals surface area contributed by atoms with Crippen LogP contribution in [0.5, 0.6) is 0 Å². The predicted molar refractivity (Wildman–Crippen MR) is 90.0 cm³/mol. The first-order chi connectivity index (χ1) is 10.1. The van der Waals surface area contributed by atoms with Gasteiger partial charge in [-0.25, -0.2) is 4.79 Å². The highest BCUT2D eigenvalue weighted by molar-refractivity contribution is 5.68. The first-order valence-corrected chi connectivity index (χ1v) is 8.89. The minimum Gasteiger partial charge on any atom is -0.444 e. The summed E-state index contributed by atoms with van der Waals surface area (Å²) in [4.78, 5) is 14.1. The van der Waals surface area contributed by atoms with E-state index in [1.54, 1.807) is 0 Å². The van der Waals surface area contributed by atoms with Gasteiger partial charge in [0.05, 0.1) is 0 Å². The van der Waals surface area contributed by atoms with Gasteiger partial charge in [-0.1, -0.05) is 20.3 Å². The average molecular weight is 310 g/mol. The van der Waals surface area contributed by atoms with Crippen LogP contribution >= 0.6 is 0 Å². The highest BCUT2D eigenvalue weighted by Gasteiger charge is 2.32. The quantitative estimate of drug-likeness (QED) is 0.840. The third-order valence-electron chi connectivity index (χ3n) is 4.75. The number of carbonyl (C=O) groups is 1. The Hall–Kier alpha value is -0.770. The first kappa shape index (κ1) is 17.6. The molecule has 2 fully saturated rings. The lowest BCUT2D eigenvalue weighted by atomic mass is 9.75. The van der Waals surface area contributed by atoms with Gasteiger partial charge in [0.1, 0.15) is 5.60 Å². The normalized spacial score (nSPS) is 29.2. The molecule has 0 radical (unpaired) electrons. The third kappa shape index (κ3) is 5.45. The van der Waals surface area contributed by atoms with Gasteiger partial charge >= 0.3 is 6.09 Å². The van der Waals surface area contributed by atoms with Crippen LogP contribution < -0.4 is 5.32 Å². The molecule has 2 rings (SSSR count). The van der Waals surface area contributed by atoms with E-state index in [0.717, 1.165) is 25.9 Å². The number of likely N-dealkylation sites (tertiary alicyclic amines) is 1. The molecule has 1 amide bonds. The van der Waals surface area contributed by atoms with Crippen LogP contribution in [0.2, 0.25) is 0 Å². The van der Waals surface area contributed by atoms with Gasteiger partial charge in [0, 0.05) is 25.2 Å². The van der Waals surface area contributed by atoms with Crippen LogP contribution in [-0.4, -0.2) is 41.8 Å². The lowest BCUT2D eigenvalue weighted by Gasteiger charge is -2.40. The van der Waals surface area contributed by atoms with E-state index in [9.17, 15) is 4.79 Å². The fourth-order valence-electron chi connectivity index (χ4n) is 3.78. The van der Waals surface area contributed by atoms with E-state index >= 15 is 0 Å². The molecule has 128 valence electrons. The molecule has 2 unspecified atom stereocenters. The van der Waals surface area contributed by atoms with Gasteiger partial charge < -0.3 is 15.0 Å². The van der Waals surface area contributed by atoms with Crippen molar-refractivity contribution in [1.82, 2.24) is 10.2 Å². The fraction of sp³-hybridized carbons (Fsp3) is 0.944. The van der Waals surface area contributed by atoms with Crippen LogP contribution in [0.25, 0.3) is 0 Å². The Morgan fingerprint density at radius 2 is 1.86 bits per heavy atom. The standard InChI is InChI=1S/C18H34N2O2/c1-17(2,3)22-16(21)20-11-7-9-15(13-20)19-14-8-6-10-18(4,5)12-14/h14-15,19H,6-13H2,1-5H3. The van der Waals surface area contributed by atoms with Crippen molar-refractivity contribution < 1.29 is 9.53 Å². The Morgan fingerprint density at radius 3 is 2.50 bits per heavy atom. The SMILES string of the molecule is CC1(C)CCCC(NC2CCCN(C(=O)OC(C)(C)C)C2)C1. The second-order valence-electron chi connectivity index (χ2n) is 8.89. The van der Waals surface area contributed by atoms with Gasteiger partial charge in [-0.05, 0) is 58.3 Å². The van der Waals surface area contributed by atoms with Crippen LogP contribution in [0.4, 0.5) is 4.79 Å². The van der Waals surface area contributed by atoms with E-state index in [1.165, 1.54) is 25.7 Å². The maximum Gasteiger partial charge on any atom is 0.410 e. The lowest BCUT2D eigenvalue weighted by molar-refractivity contribution is 0.0176. The molecule has 0 aromatic carbocycles. The average Bonchev–Trinajstić information content (AvgIpc) is 2.35. The van der Waals surface area contributed by atoms with E-state index in [0.29, 0.717) is 17.5 Å². The molecule has 1 saturated heterocycles. The van der Waals surface area contributed by atoms with Crippen molar-refractivity contribution in [2.45, 2.75) is 90.8 Å². The molecule has 22 heavy (non-hydrogen) atoms. The molecule has 0 aromatic heterocycles. The predicted octanol–water partition coefficient (Wildman–Crippen LogP) is 3.94. The number of hydrogen-bond acceptors (Lipinski definition) is 3. The second-order valence-corrected chi connectivity index (χ2v) is 8.89. The maximum absolute atomic E-state index is 12.2. The summed E-state index contributed by atoms with van der Waals surface area (Å²) in [5, 5.41) is 3.81. The Morgan fingerprint density at radius 1 is 1.18 bits per heavy atom. The summed E-state index contributed by atoms with van der Waals surface area (Å²) >= 11 is 0. The summed E-state index contributed by atoms with van der Waals surface area (Å²) in [6, 6.07) is 1.02. The number of nitrogens with zero attached hydrogens (tertiary/aromatic N) is 1. The highest BCUT2D eigenvalue weighted by atomic mass is 16.6. The van der Waals surface area contributed by atoms with E-state index in [-0.39, 0.29) is 6.09 Å². The molecule has 1 aliphatic heterocycles. The zero-order valence-corrected chi connectivity index (χ0v) is 15.1. The summed E-state index contributed by atoms with van der Waals surface area (Å²) in [5.74, 6) is 0. The zero-order valence-electron chi connectivity index (χ0n) is 15.1. The number of hydrogen-bond donors (Lipinski definition) is 1. The first-order valence-electron chi connectivity index (χ1n) is 8.89. The number of ether oxygens (including phenoxy) is 1. The molecule has 1 heterocycles. The van der Waals surface area contributed by atoms with Crippen molar-refractivity contribution in [3.63, 3.8) is 0 Å². The fourth-order valence-corrected chi connectivity index (χ4v) is 3.78. The minimum absolute atomic E-state index is 0.164. The maximum atomic E-state index is 12.2. The molecular formula is C18H34N2O2. The smallest absolute Gasteiger partial charge is 0.410 e. The van der Waals surface area contributed by atoms with E-state index in [1.807, 2.05) is 25.7 Å². The summed E-state index contributed by atoms with van der Waals surface area (Å²) in [5.41, 5.74) is 0.0419. The van der Waals surface area contributed by atoms with Crippen molar-refractivity contribution in [1.29, 1.82) is 0 Å². The van der Waals surface area contributed by atoms with E-state index < -0.39 is 5.60 Å². The van der Waals surface area contributed by atoms with Crippen LogP contribution in [0.1, 0.15) is 73.1 Å². The minimum atomic E-state index is -0.412. The Kier molecular flexibility index (Phi) is 5.41. The number of amides is 1. The topological polar surface area (TPSA) is 41.6 Å². The monoisotopic (exact) mass is 310 g/mol. The molecule has 0 aromatic rings. The molecule has 0 spiro atoms. The molecule has 4 heteroatoms. The van der Waals surface area contributed by atoms with Crippen LogP contribution in [-0.2, 0) is 4.74 Å². The van der Waals surface area contributed by atoms with Gasteiger partial charge in [-0.15, -0.1) is 0 Å². The lowest BCUT2D eigenvalue weighted by Crippen LogP contribution is -2.52. The van der Waals surface area contributed by atoms with Gasteiger partial charge in [0.2, 0.25) is 0 Å². The Balaban J connectivity index is 1.84. The second kappa shape index (κ2) is 6.77. The molecule has 0 bridgehead atoms. The van der Waals surface area contributed by atoms with E-state index in [2.05, 4.69) is 19.2 Å². The molecule has 2 aliphatic rings. The largest absolute Gasteiger partial charge is 0.444 e. The summed E-state index contributed by atoms with van der Waals surface area (Å²) < 4.78 is 5.51. The molecule has 4 nitrogen and oxygen atoms in total. The summed E-state index contributed by atoms with van der Waals surface area (Å²) in [6.45, 7) is 12.1. The number of rotatable bonds is 2. The van der Waals surface area contributed by atoms with Crippen LogP contribution in [0, 0.1) is 5.41 Å². The molecule has 1 saturated carbocycles. The van der Waals surface area contributed by atoms with Crippen LogP contribution in [0.3, 0.4) is 0 Å². The van der Waals surface area contributed by atoms with E-state index in [4.69, 9.17) is 4.74 Å². The van der Waals surface area contributed by atoms with Crippen molar-refractivity contribution in [3.05, 3.63) is 0 Å². The number of carbonyl (C=O) groups excluding carboxylic acids is 1. The number of piperidine rings is 1. The summed E-state index contributed by atoms with van der Waals surface area (Å²) in [6.07, 6.45) is 7.22. The highest BCUT2D eigenvalue weighted by Crippen LogP contribution is 2.35. The van der Waals surface area contributed by atoms with Crippen molar-refractivity contribution in [2.75, 3.05) is 13.1 Å².